The van der Waals surface area contributed by atoms with Crippen molar-refractivity contribution in [2.75, 3.05) is 19.6 Å². The van der Waals surface area contributed by atoms with Gasteiger partial charge in [0.15, 0.2) is 5.76 Å². The maximum atomic E-state index is 12.6. The van der Waals surface area contributed by atoms with Crippen LogP contribution in [0.15, 0.2) is 16.5 Å². The maximum absolute atomic E-state index is 12.6. The molecule has 2 amide bonds. The van der Waals surface area contributed by atoms with Gasteiger partial charge >= 0.3 is 0 Å². The lowest BCUT2D eigenvalue weighted by Gasteiger charge is -2.57. The lowest BCUT2D eigenvalue weighted by molar-refractivity contribution is -0.155. The minimum absolute atomic E-state index is 0.0102. The van der Waals surface area contributed by atoms with Crippen LogP contribution in [-0.4, -0.2) is 46.8 Å². The van der Waals surface area contributed by atoms with E-state index in [1.807, 2.05) is 36.6 Å². The van der Waals surface area contributed by atoms with Crippen LogP contribution in [0.25, 0.3) is 0 Å². The molecule has 5 heteroatoms. The molecule has 5 nitrogen and oxygen atoms in total. The van der Waals surface area contributed by atoms with Crippen LogP contribution in [-0.2, 0) is 4.79 Å². The third-order valence-electron chi connectivity index (χ3n) is 4.93. The Labute approximate surface area is 131 Å². The molecule has 1 spiro atoms. The summed E-state index contributed by atoms with van der Waals surface area (Å²) in [5.41, 5.74) is -0.142. The Balaban J connectivity index is 1.74. The number of carbonyl (C=O) groups excluding carboxylic acids is 2. The number of rotatable bonds is 2. The Morgan fingerprint density at radius 1 is 1.23 bits per heavy atom. The summed E-state index contributed by atoms with van der Waals surface area (Å²) in [5.74, 6) is 1.30. The summed E-state index contributed by atoms with van der Waals surface area (Å²) in [6.07, 6.45) is 2.92. The molecule has 1 aromatic rings. The van der Waals surface area contributed by atoms with Crippen molar-refractivity contribution in [2.24, 2.45) is 5.92 Å². The number of carbonyl (C=O) groups is 2. The van der Waals surface area contributed by atoms with Crippen molar-refractivity contribution in [3.05, 3.63) is 23.7 Å². The molecule has 120 valence electrons. The van der Waals surface area contributed by atoms with Crippen molar-refractivity contribution in [3.63, 3.8) is 0 Å². The Morgan fingerprint density at radius 3 is 2.55 bits per heavy atom. The first-order valence-corrected chi connectivity index (χ1v) is 8.10. The van der Waals surface area contributed by atoms with Crippen molar-refractivity contribution in [1.82, 2.24) is 9.80 Å². The average Bonchev–Trinajstić information content (AvgIpc) is 2.92. The lowest BCUT2D eigenvalue weighted by atomic mass is 9.77. The highest BCUT2D eigenvalue weighted by Crippen LogP contribution is 2.39. The highest BCUT2D eigenvalue weighted by molar-refractivity contribution is 5.91. The summed E-state index contributed by atoms with van der Waals surface area (Å²) in [6, 6.07) is 3.54. The summed E-state index contributed by atoms with van der Waals surface area (Å²) < 4.78 is 5.46. The van der Waals surface area contributed by atoms with Crippen molar-refractivity contribution in [3.8, 4) is 0 Å². The van der Waals surface area contributed by atoms with Crippen LogP contribution in [0, 0.1) is 12.8 Å². The first-order chi connectivity index (χ1) is 10.4. The first kappa shape index (κ1) is 15.1. The summed E-state index contributed by atoms with van der Waals surface area (Å²) in [4.78, 5) is 28.8. The standard InChI is InChI=1S/C17H24N2O3/c1-12(2)15(20)19-10-8-17(19)7-4-9-18(11-17)16(21)14-6-5-13(3)22-14/h5-6,12H,4,7-11H2,1-3H3. The molecular formula is C17H24N2O3. The third kappa shape index (κ3) is 2.42. The van der Waals surface area contributed by atoms with Crippen molar-refractivity contribution in [1.29, 1.82) is 0 Å². The lowest BCUT2D eigenvalue weighted by Crippen LogP contribution is -2.69. The second kappa shape index (κ2) is 5.45. The Morgan fingerprint density at radius 2 is 2.00 bits per heavy atom. The van der Waals surface area contributed by atoms with Crippen LogP contribution in [0.1, 0.15) is 49.4 Å². The van der Waals surface area contributed by atoms with E-state index in [1.165, 1.54) is 0 Å². The maximum Gasteiger partial charge on any atom is 0.289 e. The predicted octanol–water partition coefficient (Wildman–Crippen LogP) is 2.45. The molecule has 1 unspecified atom stereocenters. The zero-order chi connectivity index (χ0) is 15.9. The molecule has 0 aliphatic carbocycles. The van der Waals surface area contributed by atoms with Gasteiger partial charge in [-0.15, -0.1) is 0 Å². The fourth-order valence-electron chi connectivity index (χ4n) is 3.61. The van der Waals surface area contributed by atoms with E-state index in [1.54, 1.807) is 6.07 Å². The van der Waals surface area contributed by atoms with E-state index < -0.39 is 0 Å². The number of piperidine rings is 1. The summed E-state index contributed by atoms with van der Waals surface area (Å²) in [5, 5.41) is 0. The van der Waals surface area contributed by atoms with E-state index in [0.29, 0.717) is 12.3 Å². The molecule has 0 N–H and O–H groups in total. The van der Waals surface area contributed by atoms with Gasteiger partial charge < -0.3 is 14.2 Å². The van der Waals surface area contributed by atoms with E-state index in [-0.39, 0.29) is 23.3 Å². The number of furan rings is 1. The van der Waals surface area contributed by atoms with Crippen molar-refractivity contribution >= 4 is 11.8 Å². The molecule has 1 aromatic heterocycles. The zero-order valence-corrected chi connectivity index (χ0v) is 13.6. The van der Waals surface area contributed by atoms with E-state index in [2.05, 4.69) is 0 Å². The fourth-order valence-corrected chi connectivity index (χ4v) is 3.61. The highest BCUT2D eigenvalue weighted by atomic mass is 16.3. The van der Waals surface area contributed by atoms with Gasteiger partial charge in [0.2, 0.25) is 5.91 Å². The molecule has 0 aromatic carbocycles. The van der Waals surface area contributed by atoms with Gasteiger partial charge in [0.1, 0.15) is 5.76 Å². The number of hydrogen-bond donors (Lipinski definition) is 0. The van der Waals surface area contributed by atoms with Crippen molar-refractivity contribution in [2.45, 2.75) is 45.6 Å². The molecule has 3 heterocycles. The SMILES string of the molecule is Cc1ccc(C(=O)N2CCCC3(CCN3C(=O)C(C)C)C2)o1. The van der Waals surface area contributed by atoms with Gasteiger partial charge in [-0.3, -0.25) is 9.59 Å². The zero-order valence-electron chi connectivity index (χ0n) is 13.6. The van der Waals surface area contributed by atoms with Crippen LogP contribution in [0.3, 0.4) is 0 Å². The Kier molecular flexibility index (Phi) is 3.75. The normalized spacial score (nSPS) is 24.7. The van der Waals surface area contributed by atoms with E-state index >= 15 is 0 Å². The predicted molar refractivity (Wildman–Crippen MR) is 82.5 cm³/mol. The fraction of sp³-hybridized carbons (Fsp3) is 0.647. The van der Waals surface area contributed by atoms with Crippen LogP contribution >= 0.6 is 0 Å². The van der Waals surface area contributed by atoms with E-state index in [4.69, 9.17) is 4.42 Å². The van der Waals surface area contributed by atoms with Gasteiger partial charge in [-0.1, -0.05) is 13.8 Å². The Hall–Kier alpha value is -1.78. The molecule has 2 fully saturated rings. The van der Waals surface area contributed by atoms with Gasteiger partial charge in [0.25, 0.3) is 5.91 Å². The molecule has 2 aliphatic heterocycles. The number of likely N-dealkylation sites (tertiary alicyclic amines) is 2. The second-order valence-electron chi connectivity index (χ2n) is 6.86. The van der Waals surface area contributed by atoms with Crippen LogP contribution in [0.5, 0.6) is 0 Å². The summed E-state index contributed by atoms with van der Waals surface area (Å²) in [6.45, 7) is 7.90. The minimum atomic E-state index is -0.142. The number of hydrogen-bond acceptors (Lipinski definition) is 3. The van der Waals surface area contributed by atoms with Crippen LogP contribution in [0.4, 0.5) is 0 Å². The van der Waals surface area contributed by atoms with Gasteiger partial charge in [-0.25, -0.2) is 0 Å². The number of nitrogens with zero attached hydrogens (tertiary/aromatic N) is 2. The molecule has 22 heavy (non-hydrogen) atoms. The molecule has 2 aliphatic rings. The summed E-state index contributed by atoms with van der Waals surface area (Å²) in [7, 11) is 0. The topological polar surface area (TPSA) is 53.8 Å². The van der Waals surface area contributed by atoms with Gasteiger partial charge in [-0.2, -0.15) is 0 Å². The molecular weight excluding hydrogens is 280 g/mol. The summed E-state index contributed by atoms with van der Waals surface area (Å²) >= 11 is 0. The largest absolute Gasteiger partial charge is 0.456 e. The number of amides is 2. The smallest absolute Gasteiger partial charge is 0.289 e. The first-order valence-electron chi connectivity index (χ1n) is 8.10. The molecule has 0 saturated carbocycles. The average molecular weight is 304 g/mol. The molecule has 0 bridgehead atoms. The van der Waals surface area contributed by atoms with Gasteiger partial charge in [0.05, 0.1) is 5.54 Å². The third-order valence-corrected chi connectivity index (χ3v) is 4.93. The molecule has 0 radical (unpaired) electrons. The van der Waals surface area contributed by atoms with Crippen molar-refractivity contribution < 1.29 is 14.0 Å². The van der Waals surface area contributed by atoms with Crippen LogP contribution < -0.4 is 0 Å². The van der Waals surface area contributed by atoms with Gasteiger partial charge in [-0.05, 0) is 38.3 Å². The monoisotopic (exact) mass is 304 g/mol. The molecule has 1 atom stereocenters. The molecule has 3 rings (SSSR count). The Bertz CT molecular complexity index is 592. The highest BCUT2D eigenvalue weighted by Gasteiger charge is 2.50. The second-order valence-corrected chi connectivity index (χ2v) is 6.86. The van der Waals surface area contributed by atoms with E-state index in [9.17, 15) is 9.59 Å². The molecule has 2 saturated heterocycles. The van der Waals surface area contributed by atoms with Gasteiger partial charge in [0, 0.05) is 25.6 Å². The van der Waals surface area contributed by atoms with Crippen LogP contribution in [0.2, 0.25) is 0 Å². The minimum Gasteiger partial charge on any atom is -0.456 e. The number of aryl methyl sites for hydroxylation is 1. The quantitative estimate of drug-likeness (QED) is 0.843. The van der Waals surface area contributed by atoms with E-state index in [0.717, 1.165) is 38.1 Å².